The van der Waals surface area contributed by atoms with Crippen molar-refractivity contribution in [3.05, 3.63) is 53.6 Å². The second kappa shape index (κ2) is 15.4. The molecule has 2 amide bonds. The molecule has 268 valence electrons. The molecule has 2 aromatic carbocycles. The van der Waals surface area contributed by atoms with Gasteiger partial charge in [-0.2, -0.15) is 13.2 Å². The van der Waals surface area contributed by atoms with Gasteiger partial charge in [-0.1, -0.05) is 45.0 Å². The van der Waals surface area contributed by atoms with Crippen molar-refractivity contribution in [3.8, 4) is 11.5 Å². The number of carbonyl (C=O) groups excluding carboxylic acids is 2. The summed E-state index contributed by atoms with van der Waals surface area (Å²) >= 11 is 0. The van der Waals surface area contributed by atoms with Gasteiger partial charge >= 0.3 is 12.3 Å². The Morgan fingerprint density at radius 3 is 2.17 bits per heavy atom. The van der Waals surface area contributed by atoms with E-state index in [9.17, 15) is 22.8 Å². The van der Waals surface area contributed by atoms with Crippen molar-refractivity contribution in [1.29, 1.82) is 0 Å². The van der Waals surface area contributed by atoms with Gasteiger partial charge in [0.2, 0.25) is 0 Å². The predicted molar refractivity (Wildman–Crippen MR) is 183 cm³/mol. The Morgan fingerprint density at radius 1 is 0.979 bits per heavy atom. The van der Waals surface area contributed by atoms with Crippen LogP contribution in [0.3, 0.4) is 0 Å². The van der Waals surface area contributed by atoms with Crippen molar-refractivity contribution < 1.29 is 41.4 Å². The lowest BCUT2D eigenvalue weighted by molar-refractivity contribution is -0.153. The number of halogens is 3. The van der Waals surface area contributed by atoms with Gasteiger partial charge in [0.25, 0.3) is 5.91 Å². The SMILES string of the molecule is CC(CC1Cc2cccc(C(N)=O)c2N1CCO[Si](C)(C)C(C)(C)C)N(CCOc1ccccc1OCC(F)(F)F)C(=O)OC(C)(C)C. The number of nitrogens with zero attached hydrogens (tertiary/aromatic N) is 2. The number of hydrogen-bond acceptors (Lipinski definition) is 7. The summed E-state index contributed by atoms with van der Waals surface area (Å²) in [4.78, 5) is 29.8. The summed E-state index contributed by atoms with van der Waals surface area (Å²) in [5, 5.41) is 0.0309. The van der Waals surface area contributed by atoms with Gasteiger partial charge in [-0.3, -0.25) is 4.79 Å². The largest absolute Gasteiger partial charge is 0.488 e. The van der Waals surface area contributed by atoms with E-state index in [2.05, 4.69) is 38.8 Å². The third-order valence-electron chi connectivity index (χ3n) is 8.77. The van der Waals surface area contributed by atoms with Crippen molar-refractivity contribution in [2.24, 2.45) is 5.73 Å². The molecule has 1 heterocycles. The molecule has 0 fully saturated rings. The van der Waals surface area contributed by atoms with Gasteiger partial charge in [-0.15, -0.1) is 0 Å². The van der Waals surface area contributed by atoms with E-state index in [4.69, 9.17) is 24.4 Å². The van der Waals surface area contributed by atoms with Crippen molar-refractivity contribution in [3.63, 3.8) is 0 Å². The molecule has 0 aliphatic carbocycles. The van der Waals surface area contributed by atoms with E-state index in [1.807, 2.05) is 19.1 Å². The number of amides is 2. The minimum absolute atomic E-state index is 0.0171. The first kappa shape index (κ1) is 39.0. The lowest BCUT2D eigenvalue weighted by Gasteiger charge is -2.38. The van der Waals surface area contributed by atoms with E-state index in [1.54, 1.807) is 43.9 Å². The predicted octanol–water partition coefficient (Wildman–Crippen LogP) is 7.57. The Balaban J connectivity index is 1.82. The van der Waals surface area contributed by atoms with Gasteiger partial charge in [0.05, 0.1) is 24.4 Å². The van der Waals surface area contributed by atoms with Crippen LogP contribution >= 0.6 is 0 Å². The zero-order valence-electron chi connectivity index (χ0n) is 29.7. The van der Waals surface area contributed by atoms with Crippen LogP contribution in [-0.2, 0) is 15.6 Å². The number of alkyl halides is 3. The number of nitrogens with two attached hydrogens (primary N) is 1. The fourth-order valence-electron chi connectivity index (χ4n) is 5.40. The number of para-hydroxylation sites is 3. The Morgan fingerprint density at radius 2 is 1.60 bits per heavy atom. The highest BCUT2D eigenvalue weighted by molar-refractivity contribution is 6.74. The van der Waals surface area contributed by atoms with Crippen molar-refractivity contribution in [1.82, 2.24) is 4.90 Å². The van der Waals surface area contributed by atoms with Crippen LogP contribution < -0.4 is 20.1 Å². The molecule has 1 aliphatic rings. The van der Waals surface area contributed by atoms with Gasteiger partial charge in [0.1, 0.15) is 12.2 Å². The molecular weight excluding hydrogens is 643 g/mol. The molecule has 9 nitrogen and oxygen atoms in total. The second-order valence-corrected chi connectivity index (χ2v) is 19.6. The van der Waals surface area contributed by atoms with E-state index in [0.29, 0.717) is 31.6 Å². The molecule has 1 aliphatic heterocycles. The fraction of sp³-hybridized carbons (Fsp3) is 0.600. The first-order valence-electron chi connectivity index (χ1n) is 16.3. The highest BCUT2D eigenvalue weighted by atomic mass is 28.4. The lowest BCUT2D eigenvalue weighted by Crippen LogP contribution is -2.48. The van der Waals surface area contributed by atoms with E-state index >= 15 is 0 Å². The zero-order valence-corrected chi connectivity index (χ0v) is 30.7. The van der Waals surface area contributed by atoms with Crippen LogP contribution in [0.4, 0.5) is 23.7 Å². The zero-order chi connectivity index (χ0) is 36.1. The first-order valence-corrected chi connectivity index (χ1v) is 19.2. The third kappa shape index (κ3) is 10.8. The maximum absolute atomic E-state index is 13.5. The molecule has 0 bridgehead atoms. The van der Waals surface area contributed by atoms with E-state index in [1.165, 1.54) is 12.1 Å². The number of hydrogen-bond donors (Lipinski definition) is 1. The van der Waals surface area contributed by atoms with E-state index in [0.717, 1.165) is 11.3 Å². The summed E-state index contributed by atoms with van der Waals surface area (Å²) in [7, 11) is -2.04. The number of anilines is 1. The number of carbonyl (C=O) groups is 2. The number of benzene rings is 2. The van der Waals surface area contributed by atoms with Crippen LogP contribution in [0.15, 0.2) is 42.5 Å². The Hall–Kier alpha value is -3.45. The van der Waals surface area contributed by atoms with E-state index in [-0.39, 0.29) is 41.8 Å². The fourth-order valence-corrected chi connectivity index (χ4v) is 6.43. The van der Waals surface area contributed by atoms with Crippen molar-refractivity contribution >= 4 is 26.0 Å². The third-order valence-corrected chi connectivity index (χ3v) is 13.3. The number of ether oxygens (including phenoxy) is 3. The average molecular weight is 696 g/mol. The summed E-state index contributed by atoms with van der Waals surface area (Å²) in [5.41, 5.74) is 7.29. The second-order valence-electron chi connectivity index (χ2n) is 14.8. The minimum atomic E-state index is -4.50. The number of primary amides is 1. The van der Waals surface area contributed by atoms with Crippen LogP contribution in [0.25, 0.3) is 0 Å². The molecule has 2 aromatic rings. The van der Waals surface area contributed by atoms with Crippen LogP contribution in [0.1, 0.15) is 70.8 Å². The Bertz CT molecular complexity index is 1410. The van der Waals surface area contributed by atoms with Gasteiger partial charge in [-0.05, 0) is 82.4 Å². The topological polar surface area (TPSA) is 104 Å². The molecule has 2 atom stereocenters. The molecule has 0 aromatic heterocycles. The monoisotopic (exact) mass is 695 g/mol. The maximum atomic E-state index is 13.5. The van der Waals surface area contributed by atoms with Gasteiger partial charge in [0.15, 0.2) is 26.4 Å². The van der Waals surface area contributed by atoms with Crippen LogP contribution in [0.5, 0.6) is 11.5 Å². The molecule has 0 saturated heterocycles. The normalized spacial score (nSPS) is 15.9. The van der Waals surface area contributed by atoms with Crippen molar-refractivity contribution in [2.45, 2.75) is 103 Å². The number of fused-ring (bicyclic) bond motifs is 1. The summed E-state index contributed by atoms with van der Waals surface area (Å²) in [5.74, 6) is -0.421. The summed E-state index contributed by atoms with van der Waals surface area (Å²) < 4.78 is 61.5. The smallest absolute Gasteiger partial charge is 0.422 e. The molecule has 2 N–H and O–H groups in total. The molecule has 3 rings (SSSR count). The summed E-state index contributed by atoms with van der Waals surface area (Å²) in [6.07, 6.45) is -3.87. The highest BCUT2D eigenvalue weighted by Crippen LogP contribution is 2.39. The van der Waals surface area contributed by atoms with E-state index < -0.39 is 38.7 Å². The molecule has 13 heteroatoms. The lowest BCUT2D eigenvalue weighted by atomic mass is 10.0. The van der Waals surface area contributed by atoms with Crippen LogP contribution in [0.2, 0.25) is 18.1 Å². The Labute approximate surface area is 284 Å². The molecule has 2 unspecified atom stereocenters. The Kier molecular flexibility index (Phi) is 12.5. The minimum Gasteiger partial charge on any atom is -0.488 e. The highest BCUT2D eigenvalue weighted by Gasteiger charge is 2.39. The number of rotatable bonds is 14. The standard InChI is InChI=1S/C35H52F3N3O6Si/c1-24(40(32(43)47-33(2,3)4)17-19-44-28-15-10-11-16-29(28)45-23-35(36,37)38)21-26-22-25-13-12-14-27(31(39)42)30(25)41(26)18-20-46-48(8,9)34(5,6)7/h10-16,24,26H,17-23H2,1-9H3,(H2,39,42). The summed E-state index contributed by atoms with van der Waals surface area (Å²) in [6, 6.07) is 11.2. The molecule has 48 heavy (non-hydrogen) atoms. The van der Waals surface area contributed by atoms with Gasteiger partial charge in [-0.25, -0.2) is 4.79 Å². The van der Waals surface area contributed by atoms with Crippen LogP contribution in [-0.4, -0.2) is 82.0 Å². The molecule has 0 spiro atoms. The molecule has 0 saturated carbocycles. The average Bonchev–Trinajstić information content (AvgIpc) is 3.29. The molecule has 0 radical (unpaired) electrons. The van der Waals surface area contributed by atoms with Gasteiger partial charge < -0.3 is 34.2 Å². The quantitative estimate of drug-likeness (QED) is 0.203. The molecular formula is C35H52F3N3O6Si. The summed E-state index contributed by atoms with van der Waals surface area (Å²) in [6.45, 7) is 17.8. The first-order chi connectivity index (χ1) is 22.1. The van der Waals surface area contributed by atoms with Crippen LogP contribution in [0, 0.1) is 0 Å². The van der Waals surface area contributed by atoms with Gasteiger partial charge in [0, 0.05) is 18.6 Å². The maximum Gasteiger partial charge on any atom is 0.422 e. The van der Waals surface area contributed by atoms with Crippen molar-refractivity contribution in [2.75, 3.05) is 37.8 Å².